The summed E-state index contributed by atoms with van der Waals surface area (Å²) in [5.41, 5.74) is 0. The average molecular weight is 913 g/mol. The van der Waals surface area contributed by atoms with Crippen LogP contribution >= 0.6 is 7.82 Å². The Kier molecular flexibility index (Phi) is 36.1. The lowest BCUT2D eigenvalue weighted by Crippen LogP contribution is -2.64. The Balaban J connectivity index is 2.47. The van der Waals surface area contributed by atoms with Gasteiger partial charge in [-0.3, -0.25) is 18.6 Å². The largest absolute Gasteiger partial charge is 0.472 e. The average Bonchev–Trinajstić information content (AvgIpc) is 3.26. The standard InChI is InChI=1S/C49H85O13P/c1-3-5-7-9-11-13-15-17-19-20-21-22-24-25-27-29-31-33-35-37-42(50)59-39-41(40-60-63(57,58)62-49-47(55)45(53)44(52)46(54)48(49)56)61-43(51)38-36-34-32-30-28-26-23-18-16-14-12-10-8-6-4-2/h6,8,12,14,18,23,28,30,34,36,41,44-49,52-56H,3-5,7,9-11,13,15-17,19-22,24-27,29,31-33,35,37-40H2,1-2H3,(H,57,58)/b8-6-,14-12-,23-18-,30-28-,36-34-. The Hall–Kier alpha value is -2.45. The van der Waals surface area contributed by atoms with E-state index in [2.05, 4.69) is 50.3 Å². The Morgan fingerprint density at radius 2 is 0.889 bits per heavy atom. The molecule has 6 atom stereocenters. The van der Waals surface area contributed by atoms with Crippen LogP contribution in [0.5, 0.6) is 0 Å². The van der Waals surface area contributed by atoms with Gasteiger partial charge in [-0.25, -0.2) is 4.57 Å². The number of allylic oxidation sites excluding steroid dienone is 9. The second-order valence-electron chi connectivity index (χ2n) is 16.6. The second kappa shape index (κ2) is 38.8. The van der Waals surface area contributed by atoms with Crippen molar-refractivity contribution < 1.29 is 63.1 Å². The molecule has 63 heavy (non-hydrogen) atoms. The highest BCUT2D eigenvalue weighted by molar-refractivity contribution is 7.47. The summed E-state index contributed by atoms with van der Waals surface area (Å²) in [5.74, 6) is -1.24. The van der Waals surface area contributed by atoms with Crippen molar-refractivity contribution in [2.45, 2.75) is 224 Å². The van der Waals surface area contributed by atoms with Crippen LogP contribution in [-0.2, 0) is 32.7 Å². The van der Waals surface area contributed by atoms with Crippen molar-refractivity contribution in [2.75, 3.05) is 13.2 Å². The molecule has 364 valence electrons. The van der Waals surface area contributed by atoms with Gasteiger partial charge in [0, 0.05) is 6.42 Å². The number of hydrogen-bond donors (Lipinski definition) is 6. The van der Waals surface area contributed by atoms with Gasteiger partial charge < -0.3 is 39.9 Å². The lowest BCUT2D eigenvalue weighted by molar-refractivity contribution is -0.220. The van der Waals surface area contributed by atoms with Crippen LogP contribution in [0.1, 0.15) is 181 Å². The third-order valence-corrected chi connectivity index (χ3v) is 11.9. The zero-order valence-electron chi connectivity index (χ0n) is 38.6. The van der Waals surface area contributed by atoms with E-state index in [0.29, 0.717) is 12.8 Å². The molecule has 0 radical (unpaired) electrons. The lowest BCUT2D eigenvalue weighted by atomic mass is 9.85. The first-order valence-electron chi connectivity index (χ1n) is 24.1. The van der Waals surface area contributed by atoms with Crippen LogP contribution in [0, 0.1) is 0 Å². The Morgan fingerprint density at radius 1 is 0.508 bits per heavy atom. The maximum Gasteiger partial charge on any atom is 0.472 e. The topological polar surface area (TPSA) is 210 Å². The number of unbranched alkanes of at least 4 members (excludes halogenated alkanes) is 18. The molecule has 6 unspecified atom stereocenters. The van der Waals surface area contributed by atoms with Crippen molar-refractivity contribution >= 4 is 19.8 Å². The molecular weight excluding hydrogens is 828 g/mol. The van der Waals surface area contributed by atoms with Gasteiger partial charge in [0.2, 0.25) is 0 Å². The molecule has 0 heterocycles. The first-order valence-corrected chi connectivity index (χ1v) is 25.6. The molecule has 1 rings (SSSR count). The minimum absolute atomic E-state index is 0.136. The number of aliphatic hydroxyl groups is 5. The van der Waals surface area contributed by atoms with Gasteiger partial charge >= 0.3 is 19.8 Å². The smallest absolute Gasteiger partial charge is 0.462 e. The monoisotopic (exact) mass is 913 g/mol. The first-order chi connectivity index (χ1) is 30.4. The number of carbonyl (C=O) groups excluding carboxylic acids is 2. The first kappa shape index (κ1) is 58.6. The molecule has 0 aromatic carbocycles. The zero-order valence-corrected chi connectivity index (χ0v) is 39.5. The van der Waals surface area contributed by atoms with E-state index in [1.807, 2.05) is 12.2 Å². The number of hydrogen-bond acceptors (Lipinski definition) is 12. The van der Waals surface area contributed by atoms with Crippen molar-refractivity contribution in [1.29, 1.82) is 0 Å². The second-order valence-corrected chi connectivity index (χ2v) is 18.0. The van der Waals surface area contributed by atoms with Gasteiger partial charge in [0.25, 0.3) is 0 Å². The molecule has 0 aromatic rings. The van der Waals surface area contributed by atoms with Crippen molar-refractivity contribution in [2.24, 2.45) is 0 Å². The zero-order chi connectivity index (χ0) is 46.4. The summed E-state index contributed by atoms with van der Waals surface area (Å²) in [6, 6.07) is 0. The highest BCUT2D eigenvalue weighted by atomic mass is 31.2. The van der Waals surface area contributed by atoms with Gasteiger partial charge in [0.15, 0.2) is 6.10 Å². The van der Waals surface area contributed by atoms with E-state index in [1.54, 1.807) is 12.2 Å². The summed E-state index contributed by atoms with van der Waals surface area (Å²) in [5, 5.41) is 50.2. The van der Waals surface area contributed by atoms with E-state index < -0.39 is 75.7 Å². The normalized spacial score (nSPS) is 22.2. The van der Waals surface area contributed by atoms with Crippen molar-refractivity contribution in [3.63, 3.8) is 0 Å². The van der Waals surface area contributed by atoms with Crippen molar-refractivity contribution in [3.05, 3.63) is 60.8 Å². The van der Waals surface area contributed by atoms with Crippen LogP contribution in [0.2, 0.25) is 0 Å². The fourth-order valence-electron chi connectivity index (χ4n) is 7.07. The molecule has 14 heteroatoms. The maximum atomic E-state index is 12.8. The van der Waals surface area contributed by atoms with E-state index in [1.165, 1.54) is 96.3 Å². The maximum absolute atomic E-state index is 12.8. The molecule has 0 aromatic heterocycles. The molecule has 0 saturated heterocycles. The minimum atomic E-state index is -5.14. The quantitative estimate of drug-likeness (QED) is 0.0147. The molecule has 0 aliphatic heterocycles. The van der Waals surface area contributed by atoms with Crippen LogP contribution < -0.4 is 0 Å². The van der Waals surface area contributed by atoms with Crippen LogP contribution in [0.25, 0.3) is 0 Å². The van der Waals surface area contributed by atoms with Crippen LogP contribution in [-0.4, -0.2) is 98.3 Å². The molecule has 1 aliphatic rings. The van der Waals surface area contributed by atoms with E-state index in [4.69, 9.17) is 18.5 Å². The van der Waals surface area contributed by atoms with E-state index in [0.717, 1.165) is 44.9 Å². The molecule has 1 aliphatic carbocycles. The number of carbonyl (C=O) groups is 2. The number of rotatable bonds is 39. The van der Waals surface area contributed by atoms with Crippen molar-refractivity contribution in [3.8, 4) is 0 Å². The van der Waals surface area contributed by atoms with E-state index in [9.17, 15) is 44.6 Å². The Morgan fingerprint density at radius 3 is 1.32 bits per heavy atom. The fourth-order valence-corrected chi connectivity index (χ4v) is 8.04. The molecule has 0 amide bonds. The molecular formula is C49H85O13P. The summed E-state index contributed by atoms with van der Waals surface area (Å²) in [7, 11) is -5.14. The number of ether oxygens (including phenoxy) is 2. The molecule has 1 fully saturated rings. The molecule has 6 N–H and O–H groups in total. The highest BCUT2D eigenvalue weighted by Crippen LogP contribution is 2.47. The summed E-state index contributed by atoms with van der Waals surface area (Å²) in [6.07, 6.45) is 34.5. The van der Waals surface area contributed by atoms with Gasteiger partial charge in [-0.2, -0.15) is 0 Å². The number of aliphatic hydroxyl groups excluding tert-OH is 5. The summed E-state index contributed by atoms with van der Waals surface area (Å²) >= 11 is 0. The summed E-state index contributed by atoms with van der Waals surface area (Å²) in [6.45, 7) is 3.11. The number of esters is 2. The Labute approximate surface area is 379 Å². The fraction of sp³-hybridized carbons (Fsp3) is 0.755. The molecule has 1 saturated carbocycles. The lowest BCUT2D eigenvalue weighted by Gasteiger charge is -2.41. The molecule has 13 nitrogen and oxygen atoms in total. The van der Waals surface area contributed by atoms with Gasteiger partial charge in [-0.15, -0.1) is 0 Å². The highest BCUT2D eigenvalue weighted by Gasteiger charge is 2.51. The van der Waals surface area contributed by atoms with Gasteiger partial charge in [0.1, 0.15) is 43.2 Å². The van der Waals surface area contributed by atoms with Crippen LogP contribution in [0.15, 0.2) is 60.8 Å². The van der Waals surface area contributed by atoms with Gasteiger partial charge in [0.05, 0.1) is 13.0 Å². The number of phosphoric acid groups is 1. The number of phosphoric ester groups is 1. The van der Waals surface area contributed by atoms with Gasteiger partial charge in [-0.1, -0.05) is 190 Å². The van der Waals surface area contributed by atoms with E-state index >= 15 is 0 Å². The van der Waals surface area contributed by atoms with E-state index in [-0.39, 0.29) is 12.8 Å². The minimum Gasteiger partial charge on any atom is -0.462 e. The predicted octanol–water partition coefficient (Wildman–Crippen LogP) is 9.73. The van der Waals surface area contributed by atoms with Crippen LogP contribution in [0.3, 0.4) is 0 Å². The SMILES string of the molecule is CC/C=C\C/C=C\C/C=C\C/C=C\C/C=C\CC(=O)OC(COC(=O)CCCCCCCCCCCCCCCCCCCCC)COP(=O)(O)OC1C(O)C(O)C(O)C(O)C1O. The third-order valence-electron chi connectivity index (χ3n) is 10.9. The third kappa shape index (κ3) is 31.2. The molecule has 0 bridgehead atoms. The summed E-state index contributed by atoms with van der Waals surface area (Å²) in [4.78, 5) is 35.7. The molecule has 0 spiro atoms. The predicted molar refractivity (Wildman–Crippen MR) is 249 cm³/mol. The van der Waals surface area contributed by atoms with Gasteiger partial charge in [-0.05, 0) is 38.5 Å². The van der Waals surface area contributed by atoms with Crippen molar-refractivity contribution in [1.82, 2.24) is 0 Å². The Bertz CT molecular complexity index is 1330. The summed E-state index contributed by atoms with van der Waals surface area (Å²) < 4.78 is 33.4. The van der Waals surface area contributed by atoms with Crippen LogP contribution in [0.4, 0.5) is 0 Å².